The van der Waals surface area contributed by atoms with E-state index in [9.17, 15) is 9.59 Å². The lowest BCUT2D eigenvalue weighted by Gasteiger charge is -2.32. The number of carbonyl (C=O) groups excluding carboxylic acids is 2. The van der Waals surface area contributed by atoms with Crippen LogP contribution in [0, 0.1) is 0 Å². The number of likely N-dealkylation sites (tertiary alicyclic amines) is 1. The van der Waals surface area contributed by atoms with E-state index < -0.39 is 0 Å². The standard InChI is InChI=1S/C21H25N3O4/c1-27-18-12-15(13-19(14-18)28-2)20(25)24-10-8-17(9-11-24)23-21(26)22-16-6-4-3-5-7-16/h3-7,12-14,17H,8-11H2,1-2H3,(H2,22,23,26). The van der Waals surface area contributed by atoms with Crippen molar-refractivity contribution in [1.29, 1.82) is 0 Å². The molecule has 3 amide bonds. The van der Waals surface area contributed by atoms with Crippen LogP contribution in [0.2, 0.25) is 0 Å². The Hall–Kier alpha value is -3.22. The van der Waals surface area contributed by atoms with Gasteiger partial charge in [0.1, 0.15) is 11.5 Å². The van der Waals surface area contributed by atoms with Crippen LogP contribution in [-0.4, -0.2) is 50.2 Å². The van der Waals surface area contributed by atoms with Crippen LogP contribution in [0.1, 0.15) is 23.2 Å². The average Bonchev–Trinajstić information content (AvgIpc) is 2.74. The van der Waals surface area contributed by atoms with Gasteiger partial charge >= 0.3 is 6.03 Å². The van der Waals surface area contributed by atoms with Crippen LogP contribution in [0.5, 0.6) is 11.5 Å². The summed E-state index contributed by atoms with van der Waals surface area (Å²) in [4.78, 5) is 26.7. The van der Waals surface area contributed by atoms with Crippen molar-refractivity contribution < 1.29 is 19.1 Å². The van der Waals surface area contributed by atoms with Crippen LogP contribution in [0.3, 0.4) is 0 Å². The van der Waals surface area contributed by atoms with Crippen molar-refractivity contribution in [1.82, 2.24) is 10.2 Å². The molecule has 1 aliphatic heterocycles. The smallest absolute Gasteiger partial charge is 0.319 e. The largest absolute Gasteiger partial charge is 0.497 e. The minimum Gasteiger partial charge on any atom is -0.497 e. The second-order valence-electron chi connectivity index (χ2n) is 6.63. The number of benzene rings is 2. The van der Waals surface area contributed by atoms with Crippen molar-refractivity contribution in [2.75, 3.05) is 32.6 Å². The van der Waals surface area contributed by atoms with E-state index in [1.807, 2.05) is 30.3 Å². The van der Waals surface area contributed by atoms with Gasteiger partial charge in [0.15, 0.2) is 0 Å². The number of amides is 3. The Bertz CT molecular complexity index is 795. The highest BCUT2D eigenvalue weighted by atomic mass is 16.5. The van der Waals surface area contributed by atoms with Crippen LogP contribution in [0.25, 0.3) is 0 Å². The zero-order valence-electron chi connectivity index (χ0n) is 16.1. The first-order valence-corrected chi connectivity index (χ1v) is 9.24. The molecule has 148 valence electrons. The molecular formula is C21H25N3O4. The number of carbonyl (C=O) groups is 2. The Balaban J connectivity index is 1.53. The molecule has 0 aromatic heterocycles. The number of nitrogens with one attached hydrogen (secondary N) is 2. The molecule has 1 saturated heterocycles. The summed E-state index contributed by atoms with van der Waals surface area (Å²) in [6.45, 7) is 1.16. The predicted molar refractivity (Wildman–Crippen MR) is 107 cm³/mol. The lowest BCUT2D eigenvalue weighted by molar-refractivity contribution is 0.0708. The Kier molecular flexibility index (Phi) is 6.37. The Morgan fingerprint density at radius 3 is 2.14 bits per heavy atom. The molecule has 0 atom stereocenters. The topological polar surface area (TPSA) is 79.9 Å². The molecule has 28 heavy (non-hydrogen) atoms. The van der Waals surface area contributed by atoms with Gasteiger partial charge in [-0.3, -0.25) is 4.79 Å². The molecule has 2 aromatic rings. The molecule has 7 heteroatoms. The molecule has 7 nitrogen and oxygen atoms in total. The quantitative estimate of drug-likeness (QED) is 0.831. The molecule has 0 radical (unpaired) electrons. The Morgan fingerprint density at radius 2 is 1.57 bits per heavy atom. The number of urea groups is 1. The van der Waals surface area contributed by atoms with Crippen molar-refractivity contribution in [2.45, 2.75) is 18.9 Å². The van der Waals surface area contributed by atoms with Crippen molar-refractivity contribution in [2.24, 2.45) is 0 Å². The number of hydrogen-bond acceptors (Lipinski definition) is 4. The van der Waals surface area contributed by atoms with Crippen LogP contribution in [0.4, 0.5) is 10.5 Å². The molecule has 2 aromatic carbocycles. The lowest BCUT2D eigenvalue weighted by atomic mass is 10.0. The highest BCUT2D eigenvalue weighted by molar-refractivity contribution is 5.95. The summed E-state index contributed by atoms with van der Waals surface area (Å²) in [5, 5.41) is 5.79. The number of piperidine rings is 1. The van der Waals surface area contributed by atoms with Crippen LogP contribution >= 0.6 is 0 Å². The summed E-state index contributed by atoms with van der Waals surface area (Å²) in [5.41, 5.74) is 1.28. The van der Waals surface area contributed by atoms with Gasteiger partial charge in [-0.05, 0) is 37.1 Å². The molecule has 0 spiro atoms. The zero-order valence-corrected chi connectivity index (χ0v) is 16.1. The third-order valence-electron chi connectivity index (χ3n) is 4.75. The molecule has 0 bridgehead atoms. The van der Waals surface area contributed by atoms with E-state index in [2.05, 4.69) is 10.6 Å². The normalized spacial score (nSPS) is 14.3. The number of ether oxygens (including phenoxy) is 2. The van der Waals surface area contributed by atoms with Crippen molar-refractivity contribution in [3.05, 3.63) is 54.1 Å². The fourth-order valence-electron chi connectivity index (χ4n) is 3.21. The van der Waals surface area contributed by atoms with E-state index in [4.69, 9.17) is 9.47 Å². The van der Waals surface area contributed by atoms with E-state index in [1.54, 1.807) is 37.3 Å². The summed E-state index contributed by atoms with van der Waals surface area (Å²) in [6, 6.07) is 14.3. The van der Waals surface area contributed by atoms with Gasteiger partial charge in [0.05, 0.1) is 14.2 Å². The van der Waals surface area contributed by atoms with Gasteiger partial charge < -0.3 is 25.0 Å². The number of rotatable bonds is 5. The summed E-state index contributed by atoms with van der Waals surface area (Å²) < 4.78 is 10.5. The minimum absolute atomic E-state index is 0.0348. The third-order valence-corrected chi connectivity index (χ3v) is 4.75. The zero-order chi connectivity index (χ0) is 19.9. The molecule has 1 aliphatic rings. The number of para-hydroxylation sites is 1. The van der Waals surface area contributed by atoms with E-state index in [0.717, 1.165) is 5.69 Å². The average molecular weight is 383 g/mol. The summed E-state index contributed by atoms with van der Waals surface area (Å²) >= 11 is 0. The van der Waals surface area contributed by atoms with Gasteiger partial charge in [-0.1, -0.05) is 18.2 Å². The van der Waals surface area contributed by atoms with Crippen LogP contribution in [0.15, 0.2) is 48.5 Å². The monoisotopic (exact) mass is 383 g/mol. The van der Waals surface area contributed by atoms with E-state index in [0.29, 0.717) is 43.0 Å². The second kappa shape index (κ2) is 9.12. The molecule has 1 fully saturated rings. The minimum atomic E-state index is -0.228. The first kappa shape index (κ1) is 19.5. The van der Waals surface area contributed by atoms with Crippen LogP contribution < -0.4 is 20.1 Å². The molecule has 2 N–H and O–H groups in total. The second-order valence-corrected chi connectivity index (χ2v) is 6.63. The number of hydrogen-bond donors (Lipinski definition) is 2. The molecule has 0 aliphatic carbocycles. The lowest BCUT2D eigenvalue weighted by Crippen LogP contribution is -2.47. The van der Waals surface area contributed by atoms with Crippen molar-refractivity contribution >= 4 is 17.6 Å². The maximum Gasteiger partial charge on any atom is 0.319 e. The van der Waals surface area contributed by atoms with Gasteiger partial charge in [-0.2, -0.15) is 0 Å². The third kappa shape index (κ3) is 4.94. The number of anilines is 1. The number of methoxy groups -OCH3 is 2. The van der Waals surface area contributed by atoms with Gasteiger partial charge in [0.2, 0.25) is 0 Å². The summed E-state index contributed by atoms with van der Waals surface area (Å²) in [5.74, 6) is 1.10. The molecular weight excluding hydrogens is 358 g/mol. The van der Waals surface area contributed by atoms with Gasteiger partial charge in [-0.15, -0.1) is 0 Å². The molecule has 0 saturated carbocycles. The number of nitrogens with zero attached hydrogens (tertiary/aromatic N) is 1. The molecule has 3 rings (SSSR count). The van der Waals surface area contributed by atoms with Gasteiger partial charge in [0.25, 0.3) is 5.91 Å². The Morgan fingerprint density at radius 1 is 0.964 bits per heavy atom. The maximum atomic E-state index is 12.8. The fourth-order valence-corrected chi connectivity index (χ4v) is 3.21. The van der Waals surface area contributed by atoms with Crippen molar-refractivity contribution in [3.8, 4) is 11.5 Å². The molecule has 1 heterocycles. The highest BCUT2D eigenvalue weighted by Crippen LogP contribution is 2.24. The van der Waals surface area contributed by atoms with Gasteiger partial charge in [0, 0.05) is 36.4 Å². The van der Waals surface area contributed by atoms with E-state index >= 15 is 0 Å². The fraction of sp³-hybridized carbons (Fsp3) is 0.333. The van der Waals surface area contributed by atoms with E-state index in [1.165, 1.54) is 0 Å². The van der Waals surface area contributed by atoms with E-state index in [-0.39, 0.29) is 18.0 Å². The Labute approximate surface area is 164 Å². The SMILES string of the molecule is COc1cc(OC)cc(C(=O)N2CCC(NC(=O)Nc3ccccc3)CC2)c1. The summed E-state index contributed by atoms with van der Waals surface area (Å²) in [6.07, 6.45) is 1.41. The molecule has 0 unspecified atom stereocenters. The summed E-state index contributed by atoms with van der Waals surface area (Å²) in [7, 11) is 3.11. The highest BCUT2D eigenvalue weighted by Gasteiger charge is 2.25. The van der Waals surface area contributed by atoms with Gasteiger partial charge in [-0.25, -0.2) is 4.79 Å². The van der Waals surface area contributed by atoms with Crippen LogP contribution in [-0.2, 0) is 0 Å². The predicted octanol–water partition coefficient (Wildman–Crippen LogP) is 3.13. The first-order chi connectivity index (χ1) is 13.6. The van der Waals surface area contributed by atoms with Crippen molar-refractivity contribution in [3.63, 3.8) is 0 Å². The first-order valence-electron chi connectivity index (χ1n) is 9.24. The maximum absolute atomic E-state index is 12.8.